The van der Waals surface area contributed by atoms with Gasteiger partial charge >= 0.3 is 6.18 Å². The van der Waals surface area contributed by atoms with E-state index in [1.54, 1.807) is 24.3 Å². The number of halogens is 4. The normalized spacial score (nSPS) is 17.1. The van der Waals surface area contributed by atoms with Crippen molar-refractivity contribution in [3.05, 3.63) is 70.9 Å². The Bertz CT molecular complexity index is 1410. The molecule has 4 rings (SSSR count). The summed E-state index contributed by atoms with van der Waals surface area (Å²) in [5, 5.41) is 15.7. The standard InChI is InChI=1S/C24H22F4N2O3S2/c1-23(2,31)21-13-18(30(29-21)22-16(24(26,27)28)8-5-9-17(22)25)20-11-10-19(34-20)14-6-4-7-15(12-14)35(3,32)33/h4-12,18,31H,13H2,1-3H3. The molecule has 3 aromatic rings. The Labute approximate surface area is 204 Å². The Morgan fingerprint density at radius 1 is 1.09 bits per heavy atom. The fraction of sp³-hybridized carbons (Fsp3) is 0.292. The third-order valence-electron chi connectivity index (χ3n) is 5.64. The topological polar surface area (TPSA) is 70.0 Å². The second kappa shape index (κ2) is 8.72. The Morgan fingerprint density at radius 2 is 1.77 bits per heavy atom. The first-order valence-electron chi connectivity index (χ1n) is 10.5. The van der Waals surface area contributed by atoms with Crippen LogP contribution in [0.4, 0.5) is 23.2 Å². The number of para-hydroxylation sites is 1. The lowest BCUT2D eigenvalue weighted by Gasteiger charge is -2.26. The summed E-state index contributed by atoms with van der Waals surface area (Å²) in [6.45, 7) is 2.93. The summed E-state index contributed by atoms with van der Waals surface area (Å²) >= 11 is 1.24. The van der Waals surface area contributed by atoms with Crippen LogP contribution in [0.3, 0.4) is 0 Å². The van der Waals surface area contributed by atoms with E-state index in [1.165, 1.54) is 37.3 Å². The van der Waals surface area contributed by atoms with Crippen molar-refractivity contribution in [2.45, 2.75) is 43.0 Å². The van der Waals surface area contributed by atoms with Crippen molar-refractivity contribution in [3.8, 4) is 10.4 Å². The van der Waals surface area contributed by atoms with Crippen LogP contribution in [0.5, 0.6) is 0 Å². The van der Waals surface area contributed by atoms with Crippen LogP contribution in [-0.4, -0.2) is 31.1 Å². The molecule has 11 heteroatoms. The van der Waals surface area contributed by atoms with Crippen LogP contribution in [0.1, 0.15) is 36.8 Å². The van der Waals surface area contributed by atoms with Gasteiger partial charge in [0.25, 0.3) is 0 Å². The molecular formula is C24H22F4N2O3S2. The smallest absolute Gasteiger partial charge is 0.384 e. The van der Waals surface area contributed by atoms with Gasteiger partial charge in [-0.05, 0) is 55.8 Å². The molecule has 2 heterocycles. The van der Waals surface area contributed by atoms with Crippen molar-refractivity contribution >= 4 is 32.6 Å². The highest BCUT2D eigenvalue weighted by molar-refractivity contribution is 7.90. The van der Waals surface area contributed by atoms with Crippen LogP contribution < -0.4 is 5.01 Å². The summed E-state index contributed by atoms with van der Waals surface area (Å²) in [6, 6.07) is 11.7. The number of nitrogens with zero attached hydrogens (tertiary/aromatic N) is 2. The van der Waals surface area contributed by atoms with Gasteiger partial charge in [0.15, 0.2) is 9.84 Å². The van der Waals surface area contributed by atoms with Crippen LogP contribution in [0.15, 0.2) is 64.6 Å². The molecule has 1 aliphatic rings. The zero-order valence-electron chi connectivity index (χ0n) is 19.0. The number of thiophene rings is 1. The van der Waals surface area contributed by atoms with Crippen molar-refractivity contribution in [3.63, 3.8) is 0 Å². The minimum absolute atomic E-state index is 0.0818. The Morgan fingerprint density at radius 3 is 2.40 bits per heavy atom. The first-order chi connectivity index (χ1) is 16.2. The molecule has 0 saturated carbocycles. The molecule has 2 aromatic carbocycles. The maximum atomic E-state index is 14.8. The first-order valence-corrected chi connectivity index (χ1v) is 13.2. The van der Waals surface area contributed by atoms with Crippen LogP contribution >= 0.6 is 11.3 Å². The lowest BCUT2D eigenvalue weighted by atomic mass is 9.97. The van der Waals surface area contributed by atoms with E-state index in [0.29, 0.717) is 15.3 Å². The lowest BCUT2D eigenvalue weighted by Crippen LogP contribution is -2.30. The number of hydrogen-bond donors (Lipinski definition) is 1. The summed E-state index contributed by atoms with van der Waals surface area (Å²) in [7, 11) is -3.43. The van der Waals surface area contributed by atoms with Gasteiger partial charge in [0, 0.05) is 22.4 Å². The predicted octanol–water partition coefficient (Wildman–Crippen LogP) is 6.05. The molecule has 0 aliphatic carbocycles. The zero-order chi connectivity index (χ0) is 25.8. The van der Waals surface area contributed by atoms with Crippen molar-refractivity contribution in [2.75, 3.05) is 11.3 Å². The van der Waals surface area contributed by atoms with E-state index in [-0.39, 0.29) is 17.0 Å². The minimum atomic E-state index is -4.82. The van der Waals surface area contributed by atoms with Gasteiger partial charge in [-0.15, -0.1) is 11.3 Å². The quantitative estimate of drug-likeness (QED) is 0.411. The molecule has 0 spiro atoms. The van der Waals surface area contributed by atoms with Gasteiger partial charge in [0.2, 0.25) is 0 Å². The van der Waals surface area contributed by atoms with E-state index in [4.69, 9.17) is 0 Å². The van der Waals surface area contributed by atoms with Crippen molar-refractivity contribution in [1.29, 1.82) is 0 Å². The van der Waals surface area contributed by atoms with E-state index in [2.05, 4.69) is 5.10 Å². The average molecular weight is 527 g/mol. The fourth-order valence-electron chi connectivity index (χ4n) is 3.85. The van der Waals surface area contributed by atoms with Gasteiger partial charge < -0.3 is 5.11 Å². The number of sulfone groups is 1. The third kappa shape index (κ3) is 5.12. The van der Waals surface area contributed by atoms with E-state index in [0.717, 1.165) is 29.5 Å². The monoisotopic (exact) mass is 526 g/mol. The van der Waals surface area contributed by atoms with Crippen LogP contribution in [0.2, 0.25) is 0 Å². The van der Waals surface area contributed by atoms with Crippen LogP contribution in [0.25, 0.3) is 10.4 Å². The summed E-state index contributed by atoms with van der Waals surface area (Å²) in [5.41, 5.74) is -2.47. The van der Waals surface area contributed by atoms with Gasteiger partial charge in [-0.25, -0.2) is 12.8 Å². The molecule has 1 aliphatic heterocycles. The number of hydrazone groups is 1. The molecule has 1 aromatic heterocycles. The van der Waals surface area contributed by atoms with Gasteiger partial charge in [-0.2, -0.15) is 18.3 Å². The molecule has 1 atom stereocenters. The molecule has 0 saturated heterocycles. The van der Waals surface area contributed by atoms with Crippen molar-refractivity contribution in [1.82, 2.24) is 0 Å². The highest BCUT2D eigenvalue weighted by Crippen LogP contribution is 2.46. The van der Waals surface area contributed by atoms with Gasteiger partial charge in [-0.3, -0.25) is 5.01 Å². The highest BCUT2D eigenvalue weighted by Gasteiger charge is 2.42. The number of benzene rings is 2. The Balaban J connectivity index is 1.81. The number of anilines is 1. The second-order valence-electron chi connectivity index (χ2n) is 8.81. The number of alkyl halides is 3. The molecule has 0 amide bonds. The molecule has 1 N–H and O–H groups in total. The summed E-state index contributed by atoms with van der Waals surface area (Å²) in [5.74, 6) is -1.08. The third-order valence-corrected chi connectivity index (χ3v) is 7.99. The van der Waals surface area contributed by atoms with E-state index in [1.807, 2.05) is 0 Å². The first kappa shape index (κ1) is 25.3. The molecule has 186 valence electrons. The Kier molecular flexibility index (Phi) is 6.31. The summed E-state index contributed by atoms with van der Waals surface area (Å²) in [6.07, 6.45) is -3.63. The summed E-state index contributed by atoms with van der Waals surface area (Å²) in [4.78, 5) is 1.41. The van der Waals surface area contributed by atoms with E-state index < -0.39 is 44.7 Å². The molecular weight excluding hydrogens is 504 g/mol. The number of aliphatic hydroxyl groups is 1. The molecule has 0 radical (unpaired) electrons. The average Bonchev–Trinajstić information content (AvgIpc) is 3.39. The van der Waals surface area contributed by atoms with E-state index >= 15 is 0 Å². The minimum Gasteiger partial charge on any atom is -0.384 e. The maximum absolute atomic E-state index is 14.8. The Hall–Kier alpha value is -2.76. The zero-order valence-corrected chi connectivity index (χ0v) is 20.6. The predicted molar refractivity (Wildman–Crippen MR) is 128 cm³/mol. The van der Waals surface area contributed by atoms with Gasteiger partial charge in [0.1, 0.15) is 11.5 Å². The molecule has 0 fully saturated rings. The number of hydrogen-bond acceptors (Lipinski definition) is 6. The SMILES string of the molecule is CC(C)(O)C1=NN(c2c(F)cccc2C(F)(F)F)C(c2ccc(-c3cccc(S(C)(=O)=O)c3)s2)C1. The van der Waals surface area contributed by atoms with Gasteiger partial charge in [0.05, 0.1) is 27.8 Å². The van der Waals surface area contributed by atoms with Crippen molar-refractivity contribution in [2.24, 2.45) is 5.10 Å². The van der Waals surface area contributed by atoms with Gasteiger partial charge in [-0.1, -0.05) is 18.2 Å². The lowest BCUT2D eigenvalue weighted by molar-refractivity contribution is -0.137. The second-order valence-corrected chi connectivity index (χ2v) is 11.9. The molecule has 35 heavy (non-hydrogen) atoms. The largest absolute Gasteiger partial charge is 0.418 e. The van der Waals surface area contributed by atoms with Crippen LogP contribution in [0, 0.1) is 5.82 Å². The molecule has 1 unspecified atom stereocenters. The maximum Gasteiger partial charge on any atom is 0.418 e. The fourth-order valence-corrected chi connectivity index (χ4v) is 5.61. The highest BCUT2D eigenvalue weighted by atomic mass is 32.2. The molecule has 5 nitrogen and oxygen atoms in total. The van der Waals surface area contributed by atoms with Crippen molar-refractivity contribution < 1.29 is 31.1 Å². The van der Waals surface area contributed by atoms with Crippen LogP contribution in [-0.2, 0) is 16.0 Å². The van der Waals surface area contributed by atoms with E-state index in [9.17, 15) is 31.1 Å². The number of rotatable bonds is 5. The summed E-state index contributed by atoms with van der Waals surface area (Å²) < 4.78 is 80.0. The molecule has 0 bridgehead atoms.